The van der Waals surface area contributed by atoms with Crippen LogP contribution in [0.5, 0.6) is 0 Å². The number of alkyl halides is 2. The van der Waals surface area contributed by atoms with Crippen LogP contribution in [-0.4, -0.2) is 36.4 Å². The minimum absolute atomic E-state index is 0.139. The molecule has 1 rings (SSSR count). The van der Waals surface area contributed by atoms with E-state index in [2.05, 4.69) is 5.32 Å². The summed E-state index contributed by atoms with van der Waals surface area (Å²) in [6, 6.07) is -0.139. The molecule has 1 fully saturated rings. The summed E-state index contributed by atoms with van der Waals surface area (Å²) in [6.45, 7) is -0.565. The van der Waals surface area contributed by atoms with Crippen LogP contribution in [-0.2, 0) is 4.74 Å². The Morgan fingerprint density at radius 3 is 2.69 bits per heavy atom. The minimum Gasteiger partial charge on any atom is -0.465 e. The molecule has 0 heterocycles. The lowest BCUT2D eigenvalue weighted by Gasteiger charge is -2.34. The predicted octanol–water partition coefficient (Wildman–Crippen LogP) is 1.07. The highest BCUT2D eigenvalue weighted by Crippen LogP contribution is 2.23. The van der Waals surface area contributed by atoms with Crippen molar-refractivity contribution >= 4 is 6.09 Å². The number of carboxylic acid groups (broad SMARTS) is 1. The van der Waals surface area contributed by atoms with Gasteiger partial charge in [-0.1, -0.05) is 0 Å². The second-order valence-corrected chi connectivity index (χ2v) is 2.96. The lowest BCUT2D eigenvalue weighted by atomic mass is 9.89. The summed E-state index contributed by atoms with van der Waals surface area (Å²) in [5.74, 6) is 0. The predicted molar refractivity (Wildman–Crippen MR) is 39.9 cm³/mol. The topological polar surface area (TPSA) is 58.6 Å². The van der Waals surface area contributed by atoms with E-state index < -0.39 is 19.1 Å². The van der Waals surface area contributed by atoms with Gasteiger partial charge in [0.15, 0.2) is 0 Å². The van der Waals surface area contributed by atoms with Gasteiger partial charge in [0.1, 0.15) is 6.61 Å². The van der Waals surface area contributed by atoms with Crippen LogP contribution >= 0.6 is 0 Å². The van der Waals surface area contributed by atoms with Gasteiger partial charge in [0, 0.05) is 6.04 Å². The Morgan fingerprint density at radius 1 is 1.62 bits per heavy atom. The molecule has 4 nitrogen and oxygen atoms in total. The van der Waals surface area contributed by atoms with Crippen LogP contribution in [0.25, 0.3) is 0 Å². The fourth-order valence-electron chi connectivity index (χ4n) is 1.20. The van der Waals surface area contributed by atoms with Crippen molar-refractivity contribution in [1.29, 1.82) is 0 Å². The van der Waals surface area contributed by atoms with Crippen molar-refractivity contribution in [1.82, 2.24) is 5.32 Å². The smallest absolute Gasteiger partial charge is 0.404 e. The molecule has 0 saturated heterocycles. The summed E-state index contributed by atoms with van der Waals surface area (Å²) in [5, 5.41) is 10.5. The van der Waals surface area contributed by atoms with E-state index in [4.69, 9.17) is 9.84 Å². The lowest BCUT2D eigenvalue weighted by molar-refractivity contribution is -0.0630. The Labute approximate surface area is 73.9 Å². The van der Waals surface area contributed by atoms with Crippen LogP contribution in [0.1, 0.15) is 12.8 Å². The van der Waals surface area contributed by atoms with Crippen LogP contribution < -0.4 is 5.32 Å². The summed E-state index contributed by atoms with van der Waals surface area (Å²) in [7, 11) is 0. The van der Waals surface area contributed by atoms with Crippen molar-refractivity contribution in [2.45, 2.75) is 31.4 Å². The summed E-state index contributed by atoms with van der Waals surface area (Å²) in [5.41, 5.74) is 0. The van der Waals surface area contributed by atoms with E-state index in [9.17, 15) is 13.6 Å². The summed E-state index contributed by atoms with van der Waals surface area (Å²) in [6.07, 6.45) is -2.78. The highest BCUT2D eigenvalue weighted by Gasteiger charge is 2.31. The van der Waals surface area contributed by atoms with Crippen LogP contribution in [0, 0.1) is 0 Å². The van der Waals surface area contributed by atoms with Gasteiger partial charge in [-0.3, -0.25) is 0 Å². The van der Waals surface area contributed by atoms with Crippen molar-refractivity contribution in [2.24, 2.45) is 0 Å². The van der Waals surface area contributed by atoms with Crippen LogP contribution in [0.4, 0.5) is 13.6 Å². The molecule has 1 aliphatic rings. The summed E-state index contributed by atoms with van der Waals surface area (Å²) >= 11 is 0. The Morgan fingerprint density at radius 2 is 2.23 bits per heavy atom. The molecule has 0 atom stereocenters. The highest BCUT2D eigenvalue weighted by atomic mass is 19.3. The zero-order valence-corrected chi connectivity index (χ0v) is 6.87. The monoisotopic (exact) mass is 195 g/mol. The molecular weight excluding hydrogens is 184 g/mol. The molecule has 0 spiro atoms. The van der Waals surface area contributed by atoms with Crippen molar-refractivity contribution < 1.29 is 23.4 Å². The van der Waals surface area contributed by atoms with E-state index in [0.29, 0.717) is 12.8 Å². The number of amides is 1. The standard InChI is InChI=1S/C7H11F2NO3/c8-6(9)3-13-5-1-4(2-5)10-7(11)12/h4-6,10H,1-3H2,(H,11,12). The molecule has 0 radical (unpaired) electrons. The fourth-order valence-corrected chi connectivity index (χ4v) is 1.20. The molecule has 2 N–H and O–H groups in total. The first-order chi connectivity index (χ1) is 6.08. The van der Waals surface area contributed by atoms with Crippen LogP contribution in [0.15, 0.2) is 0 Å². The number of ether oxygens (including phenoxy) is 1. The molecule has 0 aromatic carbocycles. The van der Waals surface area contributed by atoms with Gasteiger partial charge in [-0.25, -0.2) is 13.6 Å². The van der Waals surface area contributed by atoms with E-state index in [1.165, 1.54) is 0 Å². The van der Waals surface area contributed by atoms with E-state index in [1.807, 2.05) is 0 Å². The minimum atomic E-state index is -2.45. The van der Waals surface area contributed by atoms with Crippen molar-refractivity contribution in [3.8, 4) is 0 Å². The zero-order valence-electron chi connectivity index (χ0n) is 6.87. The third kappa shape index (κ3) is 3.54. The first-order valence-corrected chi connectivity index (χ1v) is 3.97. The number of halogens is 2. The first kappa shape index (κ1) is 10.2. The summed E-state index contributed by atoms with van der Waals surface area (Å²) in [4.78, 5) is 10.1. The molecule has 76 valence electrons. The van der Waals surface area contributed by atoms with Gasteiger partial charge in [-0.15, -0.1) is 0 Å². The lowest BCUT2D eigenvalue weighted by Crippen LogP contribution is -2.47. The number of carbonyl (C=O) groups is 1. The third-order valence-corrected chi connectivity index (χ3v) is 1.88. The average Bonchev–Trinajstić information content (AvgIpc) is 1.92. The molecular formula is C7H11F2NO3. The largest absolute Gasteiger partial charge is 0.465 e. The summed E-state index contributed by atoms with van der Waals surface area (Å²) < 4.78 is 28.0. The van der Waals surface area contributed by atoms with Gasteiger partial charge in [-0.05, 0) is 12.8 Å². The molecule has 1 saturated carbocycles. The van der Waals surface area contributed by atoms with Gasteiger partial charge in [0.2, 0.25) is 0 Å². The molecule has 1 aliphatic carbocycles. The first-order valence-electron chi connectivity index (χ1n) is 3.97. The van der Waals surface area contributed by atoms with E-state index >= 15 is 0 Å². The second-order valence-electron chi connectivity index (χ2n) is 2.96. The van der Waals surface area contributed by atoms with Crippen LogP contribution in [0.2, 0.25) is 0 Å². The van der Waals surface area contributed by atoms with Crippen molar-refractivity contribution in [3.05, 3.63) is 0 Å². The highest BCUT2D eigenvalue weighted by molar-refractivity contribution is 5.65. The Hall–Kier alpha value is -0.910. The Kier molecular flexibility index (Phi) is 3.41. The fraction of sp³-hybridized carbons (Fsp3) is 0.857. The molecule has 0 aromatic heterocycles. The maximum absolute atomic E-state index is 11.6. The zero-order chi connectivity index (χ0) is 9.84. The molecule has 0 unspecified atom stereocenters. The van der Waals surface area contributed by atoms with Gasteiger partial charge in [0.05, 0.1) is 6.10 Å². The number of hydrogen-bond acceptors (Lipinski definition) is 2. The Balaban J connectivity index is 2.02. The molecule has 6 heteroatoms. The van der Waals surface area contributed by atoms with Crippen molar-refractivity contribution in [3.63, 3.8) is 0 Å². The maximum Gasteiger partial charge on any atom is 0.404 e. The number of hydrogen-bond donors (Lipinski definition) is 2. The average molecular weight is 195 g/mol. The van der Waals surface area contributed by atoms with E-state index in [0.717, 1.165) is 0 Å². The third-order valence-electron chi connectivity index (χ3n) is 1.88. The van der Waals surface area contributed by atoms with Gasteiger partial charge in [-0.2, -0.15) is 0 Å². The van der Waals surface area contributed by atoms with Crippen LogP contribution in [0.3, 0.4) is 0 Å². The molecule has 1 amide bonds. The molecule has 0 aromatic rings. The molecule has 13 heavy (non-hydrogen) atoms. The maximum atomic E-state index is 11.6. The molecule has 0 bridgehead atoms. The quantitative estimate of drug-likeness (QED) is 0.705. The van der Waals surface area contributed by atoms with Gasteiger partial charge in [0.25, 0.3) is 6.43 Å². The number of rotatable bonds is 4. The Bertz CT molecular complexity index is 183. The normalized spacial score (nSPS) is 27.0. The number of nitrogens with one attached hydrogen (secondary N) is 1. The van der Waals surface area contributed by atoms with Crippen molar-refractivity contribution in [2.75, 3.05) is 6.61 Å². The SMILES string of the molecule is O=C(O)NC1CC(OCC(F)F)C1. The molecule has 0 aliphatic heterocycles. The van der Waals surface area contributed by atoms with Gasteiger partial charge < -0.3 is 15.2 Å². The van der Waals surface area contributed by atoms with E-state index in [-0.39, 0.29) is 12.1 Å². The second kappa shape index (κ2) is 4.36. The van der Waals surface area contributed by atoms with E-state index in [1.54, 1.807) is 0 Å². The van der Waals surface area contributed by atoms with Gasteiger partial charge >= 0.3 is 6.09 Å².